The number of nitrogens with one attached hydrogen (secondary N) is 4. The molecule has 3 amide bonds. The van der Waals surface area contributed by atoms with Crippen LogP contribution in [0.2, 0.25) is 0 Å². The van der Waals surface area contributed by atoms with Gasteiger partial charge in [0.05, 0.1) is 4.92 Å². The van der Waals surface area contributed by atoms with Crippen molar-refractivity contribution in [1.82, 2.24) is 16.2 Å². The number of rotatable bonds is 6. The van der Waals surface area contributed by atoms with Crippen molar-refractivity contribution in [1.29, 1.82) is 0 Å². The smallest absolute Gasteiger partial charge is 0.282 e. The molecule has 2 rings (SSSR count). The summed E-state index contributed by atoms with van der Waals surface area (Å²) in [6, 6.07) is 10.9. The zero-order valence-electron chi connectivity index (χ0n) is 16.9. The number of thiocarbonyl (C=S) groups is 1. The summed E-state index contributed by atoms with van der Waals surface area (Å²) in [4.78, 5) is 46.3. The first-order valence-electron chi connectivity index (χ1n) is 9.18. The van der Waals surface area contributed by atoms with Gasteiger partial charge in [-0.3, -0.25) is 40.7 Å². The van der Waals surface area contributed by atoms with Crippen LogP contribution in [0.15, 0.2) is 42.5 Å². The number of nitrogens with zero attached hydrogens (tertiary/aromatic N) is 1. The Labute approximate surface area is 183 Å². The van der Waals surface area contributed by atoms with Gasteiger partial charge in [-0.2, -0.15) is 0 Å². The molecule has 0 saturated heterocycles. The van der Waals surface area contributed by atoms with Gasteiger partial charge in [-0.05, 0) is 55.4 Å². The van der Waals surface area contributed by atoms with E-state index in [0.717, 1.165) is 11.1 Å². The van der Waals surface area contributed by atoms with Gasteiger partial charge in [0.1, 0.15) is 5.56 Å². The van der Waals surface area contributed by atoms with E-state index in [9.17, 15) is 24.5 Å². The Bertz CT molecular complexity index is 1040. The van der Waals surface area contributed by atoms with Gasteiger partial charge in [0.2, 0.25) is 11.8 Å². The van der Waals surface area contributed by atoms with Crippen molar-refractivity contribution in [2.24, 2.45) is 0 Å². The molecular formula is C20H21N5O5S. The highest BCUT2D eigenvalue weighted by Crippen LogP contribution is 2.17. The average Bonchev–Trinajstić information content (AvgIpc) is 2.73. The number of benzene rings is 2. The number of hydrogen-bond donors (Lipinski definition) is 4. The van der Waals surface area contributed by atoms with Gasteiger partial charge in [-0.1, -0.05) is 18.2 Å². The van der Waals surface area contributed by atoms with Crippen molar-refractivity contribution in [2.45, 2.75) is 26.7 Å². The van der Waals surface area contributed by atoms with Crippen molar-refractivity contribution in [3.05, 3.63) is 69.3 Å². The molecule has 0 aliphatic carbocycles. The minimum atomic E-state index is -0.799. The first-order chi connectivity index (χ1) is 14.7. The van der Waals surface area contributed by atoms with E-state index in [2.05, 4.69) is 21.5 Å². The monoisotopic (exact) mass is 443 g/mol. The quantitative estimate of drug-likeness (QED) is 0.305. The zero-order chi connectivity index (χ0) is 23.0. The molecule has 0 aliphatic rings. The maximum atomic E-state index is 12.1. The van der Waals surface area contributed by atoms with Crippen LogP contribution in [0.3, 0.4) is 0 Å². The molecule has 0 aliphatic heterocycles. The van der Waals surface area contributed by atoms with Crippen molar-refractivity contribution in [3.63, 3.8) is 0 Å². The van der Waals surface area contributed by atoms with E-state index in [4.69, 9.17) is 12.2 Å². The lowest BCUT2D eigenvalue weighted by atomic mass is 10.1. The van der Waals surface area contributed by atoms with E-state index < -0.39 is 16.7 Å². The van der Waals surface area contributed by atoms with Crippen LogP contribution in [0.1, 0.15) is 34.3 Å². The second kappa shape index (κ2) is 10.8. The van der Waals surface area contributed by atoms with Crippen LogP contribution in [0.4, 0.5) is 11.4 Å². The summed E-state index contributed by atoms with van der Waals surface area (Å²) in [5.41, 5.74) is 6.81. The minimum Gasteiger partial charge on any atom is -0.326 e. The van der Waals surface area contributed by atoms with Gasteiger partial charge in [0.25, 0.3) is 11.6 Å². The van der Waals surface area contributed by atoms with E-state index in [1.165, 1.54) is 24.3 Å². The molecule has 0 unspecified atom stereocenters. The summed E-state index contributed by atoms with van der Waals surface area (Å²) < 4.78 is 0. The Morgan fingerprint density at radius 3 is 2.32 bits per heavy atom. The lowest BCUT2D eigenvalue weighted by molar-refractivity contribution is -0.385. The van der Waals surface area contributed by atoms with Gasteiger partial charge < -0.3 is 5.32 Å². The summed E-state index contributed by atoms with van der Waals surface area (Å²) in [7, 11) is 0. The van der Waals surface area contributed by atoms with Crippen molar-refractivity contribution in [3.8, 4) is 0 Å². The maximum Gasteiger partial charge on any atom is 0.282 e. The third kappa shape index (κ3) is 7.16. The van der Waals surface area contributed by atoms with Gasteiger partial charge >= 0.3 is 0 Å². The lowest BCUT2D eigenvalue weighted by Gasteiger charge is -2.11. The third-order valence-corrected chi connectivity index (χ3v) is 4.46. The fourth-order valence-corrected chi connectivity index (χ4v) is 2.63. The fourth-order valence-electron chi connectivity index (χ4n) is 2.49. The number of nitro groups is 1. The van der Waals surface area contributed by atoms with Crippen LogP contribution in [0.5, 0.6) is 0 Å². The molecule has 0 bridgehead atoms. The highest BCUT2D eigenvalue weighted by Gasteiger charge is 2.20. The summed E-state index contributed by atoms with van der Waals surface area (Å²) in [6.45, 7) is 3.90. The second-order valence-corrected chi connectivity index (χ2v) is 6.99. The van der Waals surface area contributed by atoms with Crippen LogP contribution in [-0.2, 0) is 9.59 Å². The molecule has 162 valence electrons. The molecule has 31 heavy (non-hydrogen) atoms. The van der Waals surface area contributed by atoms with Crippen molar-refractivity contribution in [2.75, 3.05) is 5.32 Å². The molecular weight excluding hydrogens is 422 g/mol. The molecule has 0 radical (unpaired) electrons. The Morgan fingerprint density at radius 2 is 1.65 bits per heavy atom. The molecule has 0 spiro atoms. The first kappa shape index (κ1) is 23.4. The molecule has 10 nitrogen and oxygen atoms in total. The molecule has 0 saturated carbocycles. The highest BCUT2D eigenvalue weighted by molar-refractivity contribution is 7.80. The molecule has 2 aromatic carbocycles. The summed E-state index contributed by atoms with van der Waals surface area (Å²) in [5, 5.41) is 15.7. The van der Waals surface area contributed by atoms with E-state index in [1.54, 1.807) is 6.07 Å². The van der Waals surface area contributed by atoms with Crippen molar-refractivity contribution >= 4 is 46.4 Å². The summed E-state index contributed by atoms with van der Waals surface area (Å²) >= 11 is 4.90. The lowest BCUT2D eigenvalue weighted by Crippen LogP contribution is -2.48. The van der Waals surface area contributed by atoms with Gasteiger partial charge in [0, 0.05) is 24.6 Å². The SMILES string of the molecule is Cc1ccc(NC(=O)CCC(=O)NNC(=S)NC(=O)c2ccccc2[N+](=O)[O-])cc1C. The van der Waals surface area contributed by atoms with Crippen LogP contribution in [-0.4, -0.2) is 27.8 Å². The van der Waals surface area contributed by atoms with Crippen LogP contribution in [0.25, 0.3) is 0 Å². The number of anilines is 1. The zero-order valence-corrected chi connectivity index (χ0v) is 17.7. The Balaban J connectivity index is 1.76. The number of para-hydroxylation sites is 1. The average molecular weight is 443 g/mol. The Morgan fingerprint density at radius 1 is 0.968 bits per heavy atom. The van der Waals surface area contributed by atoms with Crippen LogP contribution < -0.4 is 21.5 Å². The van der Waals surface area contributed by atoms with Gasteiger partial charge in [-0.15, -0.1) is 0 Å². The maximum absolute atomic E-state index is 12.1. The minimum absolute atomic E-state index is 0.0598. The topological polar surface area (TPSA) is 142 Å². The van der Waals surface area contributed by atoms with E-state index >= 15 is 0 Å². The summed E-state index contributed by atoms with van der Waals surface area (Å²) in [6.07, 6.45) is -0.180. The van der Waals surface area contributed by atoms with E-state index in [0.29, 0.717) is 5.69 Å². The Hall–Kier alpha value is -3.86. The van der Waals surface area contributed by atoms with Gasteiger partial charge in [-0.25, -0.2) is 0 Å². The first-order valence-corrected chi connectivity index (χ1v) is 9.59. The van der Waals surface area contributed by atoms with Crippen molar-refractivity contribution < 1.29 is 19.3 Å². The fraction of sp³-hybridized carbons (Fsp3) is 0.200. The molecule has 2 aromatic rings. The van der Waals surface area contributed by atoms with Crippen LogP contribution in [0, 0.1) is 24.0 Å². The number of hydrogen-bond acceptors (Lipinski definition) is 6. The highest BCUT2D eigenvalue weighted by atomic mass is 32.1. The Kier molecular flexibility index (Phi) is 8.15. The van der Waals surface area contributed by atoms with Crippen LogP contribution >= 0.6 is 12.2 Å². The molecule has 0 aromatic heterocycles. The predicted octanol–water partition coefficient (Wildman–Crippen LogP) is 2.27. The predicted molar refractivity (Wildman–Crippen MR) is 118 cm³/mol. The largest absolute Gasteiger partial charge is 0.326 e. The van der Waals surface area contributed by atoms with Gasteiger partial charge in [0.15, 0.2) is 5.11 Å². The number of amides is 3. The number of aryl methyl sites for hydroxylation is 2. The number of nitro benzene ring substituents is 1. The third-order valence-electron chi connectivity index (χ3n) is 4.26. The van der Waals surface area contributed by atoms with E-state index in [-0.39, 0.29) is 35.1 Å². The standard InChI is InChI=1S/C20H21N5O5S/c1-12-7-8-14(11-13(12)2)21-17(26)9-10-18(27)23-24-20(31)22-19(28)15-5-3-4-6-16(15)25(29)30/h3-8,11H,9-10H2,1-2H3,(H,21,26)(H,23,27)(H2,22,24,28,31). The molecule has 0 heterocycles. The normalized spacial score (nSPS) is 10.0. The number of carbonyl (C=O) groups is 3. The number of carbonyl (C=O) groups excluding carboxylic acids is 3. The molecule has 11 heteroatoms. The summed E-state index contributed by atoms with van der Waals surface area (Å²) in [5.74, 6) is -1.66. The second-order valence-electron chi connectivity index (χ2n) is 6.58. The molecule has 0 fully saturated rings. The molecule has 4 N–H and O–H groups in total. The molecule has 0 atom stereocenters. The number of hydrazine groups is 1. The van der Waals surface area contributed by atoms with E-state index in [1.807, 2.05) is 26.0 Å².